The fraction of sp³-hybridized carbons (Fsp3) is 0.310. The van der Waals surface area contributed by atoms with Gasteiger partial charge in [0.2, 0.25) is 0 Å². The molecule has 0 aliphatic rings. The molecule has 8 heteroatoms. The van der Waals surface area contributed by atoms with Crippen molar-refractivity contribution in [3.8, 4) is 23.0 Å². The number of benzene rings is 3. The summed E-state index contributed by atoms with van der Waals surface area (Å²) < 4.78 is 23.5. The Bertz CT molecular complexity index is 1180. The number of rotatable bonds is 14. The molecule has 37 heavy (non-hydrogen) atoms. The molecule has 0 bridgehead atoms. The van der Waals surface area contributed by atoms with Crippen molar-refractivity contribution >= 4 is 28.1 Å². The highest BCUT2D eigenvalue weighted by Gasteiger charge is 2.13. The van der Waals surface area contributed by atoms with E-state index in [-0.39, 0.29) is 5.91 Å². The number of carbonyl (C=O) groups excluding carboxylic acids is 1. The second kappa shape index (κ2) is 14.9. The fourth-order valence-corrected chi connectivity index (χ4v) is 4.13. The number of amides is 1. The zero-order valence-corrected chi connectivity index (χ0v) is 23.0. The molecule has 0 aliphatic carbocycles. The van der Waals surface area contributed by atoms with Gasteiger partial charge in [0, 0.05) is 5.56 Å². The predicted molar refractivity (Wildman–Crippen MR) is 149 cm³/mol. The number of nitrogens with zero attached hydrogens (tertiary/aromatic N) is 1. The molecular weight excluding hydrogens is 536 g/mol. The predicted octanol–water partition coefficient (Wildman–Crippen LogP) is 6.77. The quantitative estimate of drug-likeness (QED) is 0.132. The highest BCUT2D eigenvalue weighted by atomic mass is 79.9. The molecule has 3 aromatic rings. The van der Waals surface area contributed by atoms with Crippen LogP contribution in [0.4, 0.5) is 0 Å². The van der Waals surface area contributed by atoms with Gasteiger partial charge in [0.05, 0.1) is 31.5 Å². The number of unbranched alkanes of at least 4 members (excludes halogenated alkanes) is 3. The van der Waals surface area contributed by atoms with E-state index in [1.807, 2.05) is 42.5 Å². The van der Waals surface area contributed by atoms with E-state index in [9.17, 15) is 4.79 Å². The van der Waals surface area contributed by atoms with Crippen LogP contribution in [0.1, 0.15) is 54.1 Å². The van der Waals surface area contributed by atoms with Gasteiger partial charge >= 0.3 is 0 Å². The average Bonchev–Trinajstić information content (AvgIpc) is 2.92. The van der Waals surface area contributed by atoms with Crippen LogP contribution >= 0.6 is 15.9 Å². The minimum absolute atomic E-state index is 0.373. The average molecular weight is 569 g/mol. The highest BCUT2D eigenvalue weighted by Crippen LogP contribution is 2.36. The van der Waals surface area contributed by atoms with E-state index in [0.717, 1.165) is 28.4 Å². The highest BCUT2D eigenvalue weighted by molar-refractivity contribution is 9.10. The van der Waals surface area contributed by atoms with Gasteiger partial charge in [0.25, 0.3) is 5.91 Å². The monoisotopic (exact) mass is 568 g/mol. The van der Waals surface area contributed by atoms with E-state index >= 15 is 0 Å². The number of methoxy groups -OCH3 is 2. The van der Waals surface area contributed by atoms with Crippen LogP contribution in [0, 0.1) is 0 Å². The number of hydrogen-bond acceptors (Lipinski definition) is 6. The molecule has 0 saturated heterocycles. The maximum Gasteiger partial charge on any atom is 0.271 e. The molecule has 0 heterocycles. The number of halogens is 1. The van der Waals surface area contributed by atoms with Crippen LogP contribution < -0.4 is 24.4 Å². The van der Waals surface area contributed by atoms with Crippen LogP contribution in [0.3, 0.4) is 0 Å². The molecule has 0 saturated carbocycles. The van der Waals surface area contributed by atoms with E-state index in [1.165, 1.54) is 20.0 Å². The zero-order chi connectivity index (χ0) is 26.5. The molecule has 1 amide bonds. The Balaban J connectivity index is 1.60. The summed E-state index contributed by atoms with van der Waals surface area (Å²) >= 11 is 3.55. The van der Waals surface area contributed by atoms with Crippen LogP contribution in [0.15, 0.2) is 70.2 Å². The first-order valence-corrected chi connectivity index (χ1v) is 13.0. The number of nitrogens with one attached hydrogen (secondary N) is 1. The number of hydrazone groups is 1. The molecule has 1 N–H and O–H groups in total. The van der Waals surface area contributed by atoms with Gasteiger partial charge in [-0.15, -0.1) is 0 Å². The molecule has 3 aromatic carbocycles. The third-order valence-electron chi connectivity index (χ3n) is 5.54. The maximum absolute atomic E-state index is 12.7. The minimum Gasteiger partial charge on any atom is -0.493 e. The van der Waals surface area contributed by atoms with Gasteiger partial charge in [-0.1, -0.05) is 56.5 Å². The van der Waals surface area contributed by atoms with Crippen molar-refractivity contribution in [1.82, 2.24) is 5.43 Å². The van der Waals surface area contributed by atoms with Gasteiger partial charge in [0.15, 0.2) is 23.0 Å². The summed E-state index contributed by atoms with van der Waals surface area (Å²) in [5.74, 6) is 1.89. The Morgan fingerprint density at radius 1 is 0.919 bits per heavy atom. The van der Waals surface area contributed by atoms with Crippen molar-refractivity contribution in [2.24, 2.45) is 5.10 Å². The largest absolute Gasteiger partial charge is 0.493 e. The number of carbonyl (C=O) groups is 1. The molecule has 0 unspecified atom stereocenters. The summed E-state index contributed by atoms with van der Waals surface area (Å²) in [5, 5.41) is 4.10. The second-order valence-corrected chi connectivity index (χ2v) is 9.14. The lowest BCUT2D eigenvalue weighted by molar-refractivity contribution is 0.0954. The van der Waals surface area contributed by atoms with Crippen LogP contribution in [0.25, 0.3) is 0 Å². The Kier molecular flexibility index (Phi) is 11.3. The van der Waals surface area contributed by atoms with Crippen LogP contribution in [-0.2, 0) is 6.61 Å². The zero-order valence-electron chi connectivity index (χ0n) is 21.5. The summed E-state index contributed by atoms with van der Waals surface area (Å²) in [4.78, 5) is 12.7. The van der Waals surface area contributed by atoms with Crippen molar-refractivity contribution in [1.29, 1.82) is 0 Å². The lowest BCUT2D eigenvalue weighted by atomic mass is 10.2. The van der Waals surface area contributed by atoms with Gasteiger partial charge in [-0.25, -0.2) is 5.43 Å². The molecule has 0 aromatic heterocycles. The van der Waals surface area contributed by atoms with Crippen molar-refractivity contribution in [2.45, 2.75) is 39.2 Å². The topological polar surface area (TPSA) is 78.4 Å². The van der Waals surface area contributed by atoms with Crippen molar-refractivity contribution in [2.75, 3.05) is 20.8 Å². The van der Waals surface area contributed by atoms with E-state index < -0.39 is 0 Å². The first-order chi connectivity index (χ1) is 18.0. The summed E-state index contributed by atoms with van der Waals surface area (Å²) in [7, 11) is 3.13. The third-order valence-corrected chi connectivity index (χ3v) is 6.13. The van der Waals surface area contributed by atoms with Crippen LogP contribution in [0.2, 0.25) is 0 Å². The van der Waals surface area contributed by atoms with Gasteiger partial charge in [-0.3, -0.25) is 4.79 Å². The smallest absolute Gasteiger partial charge is 0.271 e. The second-order valence-electron chi connectivity index (χ2n) is 8.28. The third kappa shape index (κ3) is 8.53. The number of hydrogen-bond donors (Lipinski definition) is 1. The molecule has 0 spiro atoms. The van der Waals surface area contributed by atoms with Gasteiger partial charge in [-0.05, 0) is 63.8 Å². The molecule has 3 rings (SSSR count). The summed E-state index contributed by atoms with van der Waals surface area (Å²) in [5.41, 5.74) is 4.72. The minimum atomic E-state index is -0.373. The van der Waals surface area contributed by atoms with Gasteiger partial charge < -0.3 is 18.9 Å². The lowest BCUT2D eigenvalue weighted by Gasteiger charge is -2.13. The molecule has 196 valence electrons. The fourth-order valence-electron chi connectivity index (χ4n) is 3.55. The lowest BCUT2D eigenvalue weighted by Crippen LogP contribution is -2.17. The van der Waals surface area contributed by atoms with E-state index in [0.29, 0.717) is 41.8 Å². The summed E-state index contributed by atoms with van der Waals surface area (Å²) in [6.45, 7) is 3.20. The standard InChI is InChI=1S/C29H33BrN2O5/c1-4-5-6-10-15-36-28-24(30)16-22(17-27(28)35-3)19-31-32-29(33)23-13-14-25(26(18-23)34-2)37-20-21-11-8-7-9-12-21/h7-9,11-14,16-19H,4-6,10,15,20H2,1-3H3,(H,32,33)/b31-19+. The van der Waals surface area contributed by atoms with E-state index in [4.69, 9.17) is 18.9 Å². The van der Waals surface area contributed by atoms with Crippen molar-refractivity contribution in [3.05, 3.63) is 81.8 Å². The Morgan fingerprint density at radius 2 is 1.70 bits per heavy atom. The molecule has 7 nitrogen and oxygen atoms in total. The van der Waals surface area contributed by atoms with Gasteiger partial charge in [-0.2, -0.15) is 5.10 Å². The van der Waals surface area contributed by atoms with E-state index in [1.54, 1.807) is 31.5 Å². The van der Waals surface area contributed by atoms with Crippen LogP contribution in [0.5, 0.6) is 23.0 Å². The summed E-state index contributed by atoms with van der Waals surface area (Å²) in [6, 6.07) is 18.5. The van der Waals surface area contributed by atoms with Gasteiger partial charge in [0.1, 0.15) is 6.61 Å². The first kappa shape index (κ1) is 28.1. The molecular formula is C29H33BrN2O5. The SMILES string of the molecule is CCCCCCOc1c(Br)cc(/C=N/NC(=O)c2ccc(OCc3ccccc3)c(OC)c2)cc1OC. The van der Waals surface area contributed by atoms with Crippen LogP contribution in [-0.4, -0.2) is 32.9 Å². The molecule has 0 aliphatic heterocycles. The Hall–Kier alpha value is -3.52. The Morgan fingerprint density at radius 3 is 2.43 bits per heavy atom. The molecule has 0 atom stereocenters. The summed E-state index contributed by atoms with van der Waals surface area (Å²) in [6.07, 6.45) is 6.05. The van der Waals surface area contributed by atoms with Crippen molar-refractivity contribution in [3.63, 3.8) is 0 Å². The first-order valence-electron chi connectivity index (χ1n) is 12.2. The number of ether oxygens (including phenoxy) is 4. The van der Waals surface area contributed by atoms with Crippen molar-refractivity contribution < 1.29 is 23.7 Å². The Labute approximate surface area is 226 Å². The molecule has 0 fully saturated rings. The van der Waals surface area contributed by atoms with E-state index in [2.05, 4.69) is 33.4 Å². The maximum atomic E-state index is 12.7. The molecule has 0 radical (unpaired) electrons. The normalized spacial score (nSPS) is 10.8.